The highest BCUT2D eigenvalue weighted by atomic mass is 16.5. The normalized spacial score (nSPS) is 28.8. The molecule has 3 nitrogen and oxygen atoms in total. The van der Waals surface area contributed by atoms with E-state index in [0.29, 0.717) is 6.42 Å². The Kier molecular flexibility index (Phi) is 1.89. The zero-order chi connectivity index (χ0) is 8.55. The minimum Gasteiger partial charge on any atom is -0.492 e. The van der Waals surface area contributed by atoms with Crippen LogP contribution in [0.3, 0.4) is 0 Å². The van der Waals surface area contributed by atoms with Gasteiger partial charge in [0, 0.05) is 18.4 Å². The fourth-order valence-corrected chi connectivity index (χ4v) is 1.79. The summed E-state index contributed by atoms with van der Waals surface area (Å²) in [4.78, 5) is 11.2. The van der Waals surface area contributed by atoms with Crippen molar-refractivity contribution in [1.82, 2.24) is 0 Å². The number of carbonyl (C=O) groups is 1. The van der Waals surface area contributed by atoms with Crippen LogP contribution in [0, 0.1) is 0 Å². The molecule has 0 spiro atoms. The van der Waals surface area contributed by atoms with Gasteiger partial charge in [0.25, 0.3) is 0 Å². The lowest BCUT2D eigenvalue weighted by molar-refractivity contribution is -0.115. The SMILES string of the molecule is O=C1CCC2=C1CCC(CO)O2. The van der Waals surface area contributed by atoms with Crippen LogP contribution < -0.4 is 0 Å². The van der Waals surface area contributed by atoms with Gasteiger partial charge in [0.1, 0.15) is 11.9 Å². The minimum absolute atomic E-state index is 0.0605. The van der Waals surface area contributed by atoms with Gasteiger partial charge in [0.05, 0.1) is 6.61 Å². The third kappa shape index (κ3) is 1.14. The fourth-order valence-electron chi connectivity index (χ4n) is 1.79. The Balaban J connectivity index is 2.14. The van der Waals surface area contributed by atoms with E-state index in [2.05, 4.69) is 0 Å². The Morgan fingerprint density at radius 2 is 2.25 bits per heavy atom. The Hall–Kier alpha value is -0.830. The van der Waals surface area contributed by atoms with Crippen molar-refractivity contribution in [3.8, 4) is 0 Å². The Morgan fingerprint density at radius 3 is 3.00 bits per heavy atom. The molecule has 1 unspecified atom stereocenters. The largest absolute Gasteiger partial charge is 0.492 e. The lowest BCUT2D eigenvalue weighted by Gasteiger charge is -2.23. The maximum atomic E-state index is 11.2. The molecular weight excluding hydrogens is 156 g/mol. The number of hydrogen-bond donors (Lipinski definition) is 1. The third-order valence-corrected chi connectivity index (χ3v) is 2.48. The Labute approximate surface area is 71.0 Å². The van der Waals surface area contributed by atoms with E-state index in [1.54, 1.807) is 0 Å². The molecule has 12 heavy (non-hydrogen) atoms. The fraction of sp³-hybridized carbons (Fsp3) is 0.667. The zero-order valence-corrected chi connectivity index (χ0v) is 6.88. The van der Waals surface area contributed by atoms with Gasteiger partial charge in [0.15, 0.2) is 5.78 Å². The third-order valence-electron chi connectivity index (χ3n) is 2.48. The highest BCUT2D eigenvalue weighted by molar-refractivity contribution is 5.98. The molecule has 3 heteroatoms. The van der Waals surface area contributed by atoms with Crippen molar-refractivity contribution in [2.24, 2.45) is 0 Å². The van der Waals surface area contributed by atoms with Crippen LogP contribution in [0.5, 0.6) is 0 Å². The summed E-state index contributed by atoms with van der Waals surface area (Å²) in [6.07, 6.45) is 2.84. The lowest BCUT2D eigenvalue weighted by Crippen LogP contribution is -2.21. The molecule has 1 atom stereocenters. The van der Waals surface area contributed by atoms with Crippen molar-refractivity contribution in [3.05, 3.63) is 11.3 Å². The number of ketones is 1. The molecule has 1 aliphatic heterocycles. The number of hydrogen-bond acceptors (Lipinski definition) is 3. The smallest absolute Gasteiger partial charge is 0.162 e. The van der Waals surface area contributed by atoms with Gasteiger partial charge in [0.2, 0.25) is 0 Å². The highest BCUT2D eigenvalue weighted by Gasteiger charge is 2.30. The molecule has 0 amide bonds. The predicted molar refractivity (Wildman–Crippen MR) is 42.5 cm³/mol. The summed E-state index contributed by atoms with van der Waals surface area (Å²) in [6, 6.07) is 0. The first kappa shape index (κ1) is 7.80. The molecule has 0 fully saturated rings. The predicted octanol–water partition coefficient (Wildman–Crippen LogP) is 0.775. The van der Waals surface area contributed by atoms with E-state index in [4.69, 9.17) is 9.84 Å². The van der Waals surface area contributed by atoms with Crippen LogP contribution in [0.4, 0.5) is 0 Å². The maximum Gasteiger partial charge on any atom is 0.162 e. The van der Waals surface area contributed by atoms with Crippen molar-refractivity contribution in [2.75, 3.05) is 6.61 Å². The number of carbonyl (C=O) groups excluding carboxylic acids is 1. The molecule has 0 saturated carbocycles. The van der Waals surface area contributed by atoms with Crippen LogP contribution >= 0.6 is 0 Å². The first-order valence-corrected chi connectivity index (χ1v) is 4.34. The zero-order valence-electron chi connectivity index (χ0n) is 6.88. The van der Waals surface area contributed by atoms with E-state index in [-0.39, 0.29) is 18.5 Å². The summed E-state index contributed by atoms with van der Waals surface area (Å²) < 4.78 is 5.44. The molecule has 2 aliphatic rings. The second-order valence-corrected chi connectivity index (χ2v) is 3.29. The summed E-state index contributed by atoms with van der Waals surface area (Å²) in [6.45, 7) is 0.0605. The molecule has 0 aromatic heterocycles. The molecular formula is C9H12O3. The molecule has 66 valence electrons. The average Bonchev–Trinajstić information content (AvgIpc) is 2.47. The van der Waals surface area contributed by atoms with Crippen LogP contribution in [0.1, 0.15) is 25.7 Å². The summed E-state index contributed by atoms with van der Waals surface area (Å²) in [5.74, 6) is 1.08. The molecule has 2 rings (SSSR count). The number of rotatable bonds is 1. The summed E-state index contributed by atoms with van der Waals surface area (Å²) >= 11 is 0. The van der Waals surface area contributed by atoms with Crippen molar-refractivity contribution < 1.29 is 14.6 Å². The maximum absolute atomic E-state index is 11.2. The van der Waals surface area contributed by atoms with E-state index in [9.17, 15) is 4.79 Å². The second kappa shape index (κ2) is 2.90. The van der Waals surface area contributed by atoms with Crippen molar-refractivity contribution in [2.45, 2.75) is 31.8 Å². The average molecular weight is 168 g/mol. The number of Topliss-reactive ketones (excluding diaryl/α,β-unsaturated/α-hetero) is 1. The van der Waals surface area contributed by atoms with Gasteiger partial charge in [-0.3, -0.25) is 4.79 Å². The van der Waals surface area contributed by atoms with Crippen LogP contribution in [-0.4, -0.2) is 23.6 Å². The van der Waals surface area contributed by atoms with Gasteiger partial charge in [-0.05, 0) is 12.8 Å². The second-order valence-electron chi connectivity index (χ2n) is 3.29. The standard InChI is InChI=1S/C9H12O3/c10-5-6-1-2-7-8(11)3-4-9(7)12-6/h6,10H,1-5H2. The Bertz CT molecular complexity index is 242. The van der Waals surface area contributed by atoms with Gasteiger partial charge < -0.3 is 9.84 Å². The van der Waals surface area contributed by atoms with Gasteiger partial charge in [-0.25, -0.2) is 0 Å². The number of aliphatic hydroxyl groups excluding tert-OH is 1. The first-order chi connectivity index (χ1) is 5.81. The number of aliphatic hydroxyl groups is 1. The lowest BCUT2D eigenvalue weighted by atomic mass is 10.0. The van der Waals surface area contributed by atoms with Gasteiger partial charge in [-0.2, -0.15) is 0 Å². The summed E-state index contributed by atoms with van der Waals surface area (Å²) in [5, 5.41) is 8.84. The molecule has 0 radical (unpaired) electrons. The van der Waals surface area contributed by atoms with Crippen molar-refractivity contribution in [3.63, 3.8) is 0 Å². The van der Waals surface area contributed by atoms with Crippen molar-refractivity contribution >= 4 is 5.78 Å². The topological polar surface area (TPSA) is 46.5 Å². The summed E-state index contributed by atoms with van der Waals surface area (Å²) in [5.41, 5.74) is 0.875. The van der Waals surface area contributed by atoms with Crippen LogP contribution in [0.15, 0.2) is 11.3 Å². The molecule has 1 aliphatic carbocycles. The minimum atomic E-state index is -0.0744. The van der Waals surface area contributed by atoms with E-state index in [1.807, 2.05) is 0 Å². The van der Waals surface area contributed by atoms with Gasteiger partial charge in [-0.15, -0.1) is 0 Å². The summed E-state index contributed by atoms with van der Waals surface area (Å²) in [7, 11) is 0. The van der Waals surface area contributed by atoms with Crippen LogP contribution in [0.25, 0.3) is 0 Å². The van der Waals surface area contributed by atoms with E-state index in [1.165, 1.54) is 0 Å². The first-order valence-electron chi connectivity index (χ1n) is 4.34. The Morgan fingerprint density at radius 1 is 1.42 bits per heavy atom. The van der Waals surface area contributed by atoms with Gasteiger partial charge >= 0.3 is 0 Å². The number of allylic oxidation sites excluding steroid dienone is 2. The van der Waals surface area contributed by atoms with E-state index >= 15 is 0 Å². The molecule has 0 saturated heterocycles. The van der Waals surface area contributed by atoms with E-state index < -0.39 is 0 Å². The molecule has 0 bridgehead atoms. The van der Waals surface area contributed by atoms with E-state index in [0.717, 1.165) is 30.6 Å². The quantitative estimate of drug-likeness (QED) is 0.629. The molecule has 1 N–H and O–H groups in total. The van der Waals surface area contributed by atoms with Crippen LogP contribution in [0.2, 0.25) is 0 Å². The molecule has 1 heterocycles. The highest BCUT2D eigenvalue weighted by Crippen LogP contribution is 2.33. The molecule has 0 aromatic rings. The van der Waals surface area contributed by atoms with Gasteiger partial charge in [-0.1, -0.05) is 0 Å². The monoisotopic (exact) mass is 168 g/mol. The van der Waals surface area contributed by atoms with Crippen LogP contribution in [-0.2, 0) is 9.53 Å². The van der Waals surface area contributed by atoms with Crippen molar-refractivity contribution in [1.29, 1.82) is 0 Å². The molecule has 0 aromatic carbocycles. The number of ether oxygens (including phenoxy) is 1.